The summed E-state index contributed by atoms with van der Waals surface area (Å²) in [7, 11) is 0. The van der Waals surface area contributed by atoms with Gasteiger partial charge in [0.15, 0.2) is 0 Å². The molecule has 1 aromatic heterocycles. The fraction of sp³-hybridized carbons (Fsp3) is 0.444. The molecule has 0 bridgehead atoms. The minimum Gasteiger partial charge on any atom is -0.361 e. The van der Waals surface area contributed by atoms with Crippen molar-refractivity contribution in [3.05, 3.63) is 46.8 Å². The second-order valence-corrected chi connectivity index (χ2v) is 6.11. The lowest BCUT2D eigenvalue weighted by Crippen LogP contribution is -2.34. The van der Waals surface area contributed by atoms with Crippen LogP contribution in [0.3, 0.4) is 0 Å². The van der Waals surface area contributed by atoms with Crippen LogP contribution in [-0.4, -0.2) is 22.6 Å². The molecule has 3 rings (SSSR count). The monoisotopic (exact) mass is 313 g/mol. The molecule has 2 amide bonds. The Kier molecular flexibility index (Phi) is 4.37. The van der Waals surface area contributed by atoms with Gasteiger partial charge in [-0.05, 0) is 44.4 Å². The number of urea groups is 1. The zero-order valence-corrected chi connectivity index (χ0v) is 13.9. The third kappa shape index (κ3) is 3.09. The van der Waals surface area contributed by atoms with E-state index in [4.69, 9.17) is 4.52 Å². The van der Waals surface area contributed by atoms with Crippen molar-refractivity contribution in [1.29, 1.82) is 0 Å². The molecule has 1 atom stereocenters. The van der Waals surface area contributed by atoms with Crippen molar-refractivity contribution >= 4 is 11.7 Å². The molecule has 2 aromatic rings. The lowest BCUT2D eigenvalue weighted by Gasteiger charge is -2.25. The Bertz CT molecular complexity index is 708. The number of aryl methyl sites for hydroxylation is 3. The van der Waals surface area contributed by atoms with Crippen molar-refractivity contribution in [3.8, 4) is 0 Å². The fourth-order valence-corrected chi connectivity index (χ4v) is 3.33. The summed E-state index contributed by atoms with van der Waals surface area (Å²) in [6.07, 6.45) is 2.75. The van der Waals surface area contributed by atoms with Gasteiger partial charge in [-0.25, -0.2) is 4.79 Å². The average Bonchev–Trinajstić information content (AvgIpc) is 3.13. The molecule has 0 radical (unpaired) electrons. The van der Waals surface area contributed by atoms with Gasteiger partial charge in [-0.15, -0.1) is 0 Å². The zero-order valence-electron chi connectivity index (χ0n) is 13.9. The van der Waals surface area contributed by atoms with Gasteiger partial charge in [-0.3, -0.25) is 0 Å². The quantitative estimate of drug-likeness (QED) is 0.923. The summed E-state index contributed by atoms with van der Waals surface area (Å²) < 4.78 is 5.41. The highest BCUT2D eigenvalue weighted by Gasteiger charge is 2.34. The lowest BCUT2D eigenvalue weighted by molar-refractivity contribution is 0.206. The first kappa shape index (κ1) is 15.6. The molecule has 1 fully saturated rings. The van der Waals surface area contributed by atoms with Crippen LogP contribution in [0.1, 0.15) is 48.4 Å². The first-order valence-corrected chi connectivity index (χ1v) is 8.19. The molecular formula is C18H23N3O2. The Morgan fingerprint density at radius 1 is 1.43 bits per heavy atom. The summed E-state index contributed by atoms with van der Waals surface area (Å²) in [5.41, 5.74) is 3.94. The maximum Gasteiger partial charge on any atom is 0.322 e. The summed E-state index contributed by atoms with van der Waals surface area (Å²) in [5, 5.41) is 7.10. The van der Waals surface area contributed by atoms with Gasteiger partial charge in [0, 0.05) is 24.2 Å². The van der Waals surface area contributed by atoms with E-state index in [1.807, 2.05) is 43.0 Å². The van der Waals surface area contributed by atoms with E-state index in [1.54, 1.807) is 0 Å². The number of nitrogens with one attached hydrogen (secondary N) is 1. The molecule has 5 nitrogen and oxygen atoms in total. The van der Waals surface area contributed by atoms with Crippen LogP contribution in [0.4, 0.5) is 10.5 Å². The summed E-state index contributed by atoms with van der Waals surface area (Å²) in [6.45, 7) is 6.78. The first-order chi connectivity index (χ1) is 11.1. The highest BCUT2D eigenvalue weighted by Crippen LogP contribution is 2.36. The van der Waals surface area contributed by atoms with Crippen molar-refractivity contribution < 1.29 is 9.32 Å². The smallest absolute Gasteiger partial charge is 0.322 e. The van der Waals surface area contributed by atoms with Gasteiger partial charge in [0.2, 0.25) is 0 Å². The molecule has 122 valence electrons. The molecule has 1 aromatic carbocycles. The first-order valence-electron chi connectivity index (χ1n) is 8.19. The molecule has 1 saturated heterocycles. The molecular weight excluding hydrogens is 290 g/mol. The van der Waals surface area contributed by atoms with Gasteiger partial charge in [0.25, 0.3) is 0 Å². The Hall–Kier alpha value is -2.30. The highest BCUT2D eigenvalue weighted by atomic mass is 16.5. The zero-order chi connectivity index (χ0) is 16.4. The van der Waals surface area contributed by atoms with E-state index in [0.717, 1.165) is 54.1 Å². The normalized spacial score (nSPS) is 17.5. The second-order valence-electron chi connectivity index (χ2n) is 6.11. The SMILES string of the molecule is CCc1onc(C)c1[C@H]1CCCN1C(=O)Nc1cccc(C)c1. The topological polar surface area (TPSA) is 58.4 Å². The molecule has 0 spiro atoms. The van der Waals surface area contributed by atoms with E-state index >= 15 is 0 Å². The van der Waals surface area contributed by atoms with Crippen LogP contribution in [0.25, 0.3) is 0 Å². The number of benzene rings is 1. The molecule has 0 unspecified atom stereocenters. The number of carbonyl (C=O) groups is 1. The minimum absolute atomic E-state index is 0.0549. The van der Waals surface area contributed by atoms with Crippen molar-refractivity contribution in [2.75, 3.05) is 11.9 Å². The van der Waals surface area contributed by atoms with Crippen molar-refractivity contribution in [2.45, 2.75) is 46.1 Å². The van der Waals surface area contributed by atoms with Crippen molar-refractivity contribution in [1.82, 2.24) is 10.1 Å². The Morgan fingerprint density at radius 2 is 2.26 bits per heavy atom. The van der Waals surface area contributed by atoms with E-state index in [9.17, 15) is 4.79 Å². The molecule has 23 heavy (non-hydrogen) atoms. The summed E-state index contributed by atoms with van der Waals surface area (Å²) in [5.74, 6) is 0.891. The molecule has 1 aliphatic rings. The highest BCUT2D eigenvalue weighted by molar-refractivity contribution is 5.90. The molecule has 0 aliphatic carbocycles. The van der Waals surface area contributed by atoms with E-state index in [1.165, 1.54) is 0 Å². The maximum atomic E-state index is 12.7. The molecule has 5 heteroatoms. The Balaban J connectivity index is 1.81. The maximum absolute atomic E-state index is 12.7. The number of aromatic nitrogens is 1. The number of likely N-dealkylation sites (tertiary alicyclic amines) is 1. The summed E-state index contributed by atoms with van der Waals surface area (Å²) >= 11 is 0. The van der Waals surface area contributed by atoms with Gasteiger partial charge in [-0.2, -0.15) is 0 Å². The molecule has 1 N–H and O–H groups in total. The molecule has 0 saturated carbocycles. The van der Waals surface area contributed by atoms with Crippen LogP contribution in [0.2, 0.25) is 0 Å². The minimum atomic E-state index is -0.0549. The van der Waals surface area contributed by atoms with Crippen LogP contribution < -0.4 is 5.32 Å². The van der Waals surface area contributed by atoms with Gasteiger partial charge >= 0.3 is 6.03 Å². The number of hydrogen-bond donors (Lipinski definition) is 1. The van der Waals surface area contributed by atoms with Crippen LogP contribution in [0, 0.1) is 13.8 Å². The average molecular weight is 313 g/mol. The van der Waals surface area contributed by atoms with Crippen LogP contribution >= 0.6 is 0 Å². The lowest BCUT2D eigenvalue weighted by atomic mass is 10.0. The molecule has 2 heterocycles. The standard InChI is InChI=1S/C18H23N3O2/c1-4-16-17(13(3)20-23-16)15-9-6-10-21(15)18(22)19-14-8-5-7-12(2)11-14/h5,7-8,11,15H,4,6,9-10H2,1-3H3,(H,19,22)/t15-/m1/s1. The largest absolute Gasteiger partial charge is 0.361 e. The van der Waals surface area contributed by atoms with Crippen molar-refractivity contribution in [3.63, 3.8) is 0 Å². The number of rotatable bonds is 3. The van der Waals surface area contributed by atoms with Crippen molar-refractivity contribution in [2.24, 2.45) is 0 Å². The fourth-order valence-electron chi connectivity index (χ4n) is 3.33. The van der Waals surface area contributed by atoms with Crippen LogP contribution in [0.5, 0.6) is 0 Å². The Labute approximate surface area is 136 Å². The second kappa shape index (κ2) is 6.44. The third-order valence-electron chi connectivity index (χ3n) is 4.42. The van der Waals surface area contributed by atoms with E-state index in [-0.39, 0.29) is 12.1 Å². The predicted octanol–water partition coefficient (Wildman–Crippen LogP) is 4.22. The van der Waals surface area contributed by atoms with Gasteiger partial charge < -0.3 is 14.7 Å². The van der Waals surface area contributed by atoms with E-state index < -0.39 is 0 Å². The number of amides is 2. The number of anilines is 1. The van der Waals surface area contributed by atoms with E-state index in [2.05, 4.69) is 17.4 Å². The van der Waals surface area contributed by atoms with Gasteiger partial charge in [0.1, 0.15) is 5.76 Å². The summed E-state index contributed by atoms with van der Waals surface area (Å²) in [4.78, 5) is 14.6. The predicted molar refractivity (Wildman–Crippen MR) is 89.5 cm³/mol. The summed E-state index contributed by atoms with van der Waals surface area (Å²) in [6, 6.07) is 7.86. The molecule has 1 aliphatic heterocycles. The third-order valence-corrected chi connectivity index (χ3v) is 4.42. The van der Waals surface area contributed by atoms with Gasteiger partial charge in [0.05, 0.1) is 11.7 Å². The number of nitrogens with zero attached hydrogens (tertiary/aromatic N) is 2. The van der Waals surface area contributed by atoms with E-state index in [0.29, 0.717) is 0 Å². The van der Waals surface area contributed by atoms with Crippen LogP contribution in [-0.2, 0) is 6.42 Å². The van der Waals surface area contributed by atoms with Crippen LogP contribution in [0.15, 0.2) is 28.8 Å². The Morgan fingerprint density at radius 3 is 3.00 bits per heavy atom. The van der Waals surface area contributed by atoms with Gasteiger partial charge in [-0.1, -0.05) is 24.2 Å². The number of carbonyl (C=O) groups excluding carboxylic acids is 1. The number of hydrogen-bond acceptors (Lipinski definition) is 3.